The first kappa shape index (κ1) is 6.16. The molecular weight excluding hydrogens is 130 g/mol. The van der Waals surface area contributed by atoms with Crippen molar-refractivity contribution in [3.8, 4) is 0 Å². The van der Waals surface area contributed by atoms with E-state index >= 15 is 0 Å². The second kappa shape index (κ2) is 1.95. The highest BCUT2D eigenvalue weighted by Crippen LogP contribution is 2.39. The van der Waals surface area contributed by atoms with Crippen LogP contribution in [0.3, 0.4) is 0 Å². The number of hydrogen-bond acceptors (Lipinski definition) is 2. The summed E-state index contributed by atoms with van der Waals surface area (Å²) >= 11 is 0. The van der Waals surface area contributed by atoms with E-state index < -0.39 is 0 Å². The minimum atomic E-state index is -0.158. The van der Waals surface area contributed by atoms with Gasteiger partial charge in [-0.25, -0.2) is 0 Å². The summed E-state index contributed by atoms with van der Waals surface area (Å²) in [7, 11) is 0. The Balaban J connectivity index is 1.94. The number of carbonyl (C=O) groups is 1. The molecule has 1 saturated carbocycles. The number of ether oxygens (including phenoxy) is 1. The third kappa shape index (κ3) is 0.904. The predicted octanol–water partition coefficient (Wildman–Crippen LogP) is 0.0392. The molecule has 3 heteroatoms. The van der Waals surface area contributed by atoms with Gasteiger partial charge in [0.15, 0.2) is 0 Å². The fourth-order valence-electron chi connectivity index (χ4n) is 1.66. The van der Waals surface area contributed by atoms with Crippen molar-refractivity contribution in [2.45, 2.75) is 31.5 Å². The van der Waals surface area contributed by atoms with Crippen LogP contribution in [0.5, 0.6) is 0 Å². The van der Waals surface area contributed by atoms with Gasteiger partial charge in [-0.1, -0.05) is 0 Å². The summed E-state index contributed by atoms with van der Waals surface area (Å²) in [5.74, 6) is -0.0716. The molecule has 0 bridgehead atoms. The summed E-state index contributed by atoms with van der Waals surface area (Å²) in [6, 6.07) is 0. The van der Waals surface area contributed by atoms with Gasteiger partial charge < -0.3 is 10.5 Å². The fraction of sp³-hybridized carbons (Fsp3) is 0.857. The maximum absolute atomic E-state index is 10.7. The molecule has 1 heterocycles. The number of rotatable bonds is 1. The molecule has 1 saturated heterocycles. The van der Waals surface area contributed by atoms with Crippen molar-refractivity contribution < 1.29 is 9.53 Å². The van der Waals surface area contributed by atoms with Crippen LogP contribution in [0, 0.1) is 5.92 Å². The van der Waals surface area contributed by atoms with Crippen LogP contribution in [-0.4, -0.2) is 18.1 Å². The summed E-state index contributed by atoms with van der Waals surface area (Å²) in [5, 5.41) is 0. The number of fused-ring (bicyclic) bond motifs is 1. The maximum atomic E-state index is 10.7. The topological polar surface area (TPSA) is 55.6 Å². The zero-order valence-corrected chi connectivity index (χ0v) is 5.75. The molecule has 2 rings (SSSR count). The Morgan fingerprint density at radius 2 is 2.20 bits per heavy atom. The summed E-state index contributed by atoms with van der Waals surface area (Å²) in [6.07, 6.45) is 3.65. The molecule has 0 aromatic rings. The lowest BCUT2D eigenvalue weighted by molar-refractivity contribution is -0.122. The number of epoxide rings is 1. The van der Waals surface area contributed by atoms with Gasteiger partial charge in [-0.15, -0.1) is 0 Å². The van der Waals surface area contributed by atoms with Crippen LogP contribution >= 0.6 is 0 Å². The predicted molar refractivity (Wildman–Crippen MR) is 35.2 cm³/mol. The minimum Gasteiger partial charge on any atom is -0.370 e. The first-order valence-electron chi connectivity index (χ1n) is 3.72. The van der Waals surface area contributed by atoms with Crippen LogP contribution in [0.2, 0.25) is 0 Å². The van der Waals surface area contributed by atoms with E-state index in [1.807, 2.05) is 0 Å². The Hall–Kier alpha value is -0.570. The molecule has 2 N–H and O–H groups in total. The molecule has 2 fully saturated rings. The van der Waals surface area contributed by atoms with Crippen molar-refractivity contribution in [2.75, 3.05) is 0 Å². The average Bonchev–Trinajstić information content (AvgIpc) is 2.63. The Bertz CT molecular complexity index is 169. The van der Waals surface area contributed by atoms with Gasteiger partial charge in [-0.3, -0.25) is 4.79 Å². The van der Waals surface area contributed by atoms with Crippen LogP contribution in [0.4, 0.5) is 0 Å². The van der Waals surface area contributed by atoms with Gasteiger partial charge >= 0.3 is 0 Å². The molecule has 0 aromatic carbocycles. The van der Waals surface area contributed by atoms with E-state index in [1.165, 1.54) is 0 Å². The molecule has 1 amide bonds. The van der Waals surface area contributed by atoms with Crippen molar-refractivity contribution >= 4 is 5.91 Å². The molecule has 1 aliphatic carbocycles. The molecule has 1 aliphatic heterocycles. The molecule has 0 radical (unpaired) electrons. The van der Waals surface area contributed by atoms with Gasteiger partial charge in [0, 0.05) is 5.92 Å². The molecule has 10 heavy (non-hydrogen) atoms. The Morgan fingerprint density at radius 1 is 1.40 bits per heavy atom. The van der Waals surface area contributed by atoms with Crippen LogP contribution < -0.4 is 5.73 Å². The Labute approximate surface area is 59.5 Å². The largest absolute Gasteiger partial charge is 0.370 e. The normalized spacial score (nSPS) is 44.2. The lowest BCUT2D eigenvalue weighted by Gasteiger charge is -2.13. The lowest BCUT2D eigenvalue weighted by atomic mass is 9.89. The summed E-state index contributed by atoms with van der Waals surface area (Å²) < 4.78 is 5.25. The van der Waals surface area contributed by atoms with E-state index in [1.54, 1.807) is 0 Å². The van der Waals surface area contributed by atoms with Gasteiger partial charge in [0.05, 0.1) is 12.2 Å². The molecule has 2 aliphatic rings. The standard InChI is InChI=1S/C7H11NO2/c8-7(9)4-1-2-5-6(3-4)10-5/h4-6H,1-3H2,(H2,8,9). The van der Waals surface area contributed by atoms with Gasteiger partial charge in [0.25, 0.3) is 0 Å². The van der Waals surface area contributed by atoms with Crippen LogP contribution in [-0.2, 0) is 9.53 Å². The highest BCUT2D eigenvalue weighted by molar-refractivity contribution is 5.76. The average molecular weight is 141 g/mol. The zero-order chi connectivity index (χ0) is 7.14. The maximum Gasteiger partial charge on any atom is 0.220 e. The Kier molecular flexibility index (Phi) is 1.20. The fourth-order valence-corrected chi connectivity index (χ4v) is 1.66. The van der Waals surface area contributed by atoms with E-state index in [0.29, 0.717) is 12.2 Å². The number of amides is 1. The number of nitrogens with two attached hydrogens (primary N) is 1. The highest BCUT2D eigenvalue weighted by atomic mass is 16.6. The molecule has 0 aromatic heterocycles. The third-order valence-corrected chi connectivity index (χ3v) is 2.41. The molecule has 56 valence electrons. The minimum absolute atomic E-state index is 0.0868. The lowest BCUT2D eigenvalue weighted by Crippen LogP contribution is -2.27. The number of primary amides is 1. The quantitative estimate of drug-likeness (QED) is 0.524. The molecular formula is C7H11NO2. The van der Waals surface area contributed by atoms with Gasteiger partial charge in [0.1, 0.15) is 0 Å². The molecule has 3 nitrogen and oxygen atoms in total. The van der Waals surface area contributed by atoms with E-state index in [2.05, 4.69) is 0 Å². The van der Waals surface area contributed by atoms with Crippen molar-refractivity contribution in [1.29, 1.82) is 0 Å². The van der Waals surface area contributed by atoms with Crippen LogP contribution in [0.25, 0.3) is 0 Å². The third-order valence-electron chi connectivity index (χ3n) is 2.41. The molecule has 0 spiro atoms. The van der Waals surface area contributed by atoms with Crippen LogP contribution in [0.1, 0.15) is 19.3 Å². The first-order valence-corrected chi connectivity index (χ1v) is 3.72. The second-order valence-corrected chi connectivity index (χ2v) is 3.13. The number of carbonyl (C=O) groups excluding carboxylic acids is 1. The molecule has 3 atom stereocenters. The van der Waals surface area contributed by atoms with Crippen molar-refractivity contribution in [3.05, 3.63) is 0 Å². The zero-order valence-electron chi connectivity index (χ0n) is 5.75. The van der Waals surface area contributed by atoms with E-state index in [0.717, 1.165) is 19.3 Å². The SMILES string of the molecule is NC(=O)C1CCC2OC2C1. The smallest absolute Gasteiger partial charge is 0.220 e. The summed E-state index contributed by atoms with van der Waals surface area (Å²) in [6.45, 7) is 0. The highest BCUT2D eigenvalue weighted by Gasteiger charge is 2.45. The van der Waals surface area contributed by atoms with Crippen molar-refractivity contribution in [1.82, 2.24) is 0 Å². The van der Waals surface area contributed by atoms with Gasteiger partial charge in [-0.2, -0.15) is 0 Å². The van der Waals surface area contributed by atoms with Crippen LogP contribution in [0.15, 0.2) is 0 Å². The van der Waals surface area contributed by atoms with E-state index in [-0.39, 0.29) is 11.8 Å². The van der Waals surface area contributed by atoms with Gasteiger partial charge in [-0.05, 0) is 19.3 Å². The number of hydrogen-bond donors (Lipinski definition) is 1. The molecule has 3 unspecified atom stereocenters. The second-order valence-electron chi connectivity index (χ2n) is 3.13. The summed E-state index contributed by atoms with van der Waals surface area (Å²) in [4.78, 5) is 10.7. The van der Waals surface area contributed by atoms with E-state index in [4.69, 9.17) is 10.5 Å². The summed E-state index contributed by atoms with van der Waals surface area (Å²) in [5.41, 5.74) is 5.15. The Morgan fingerprint density at radius 3 is 2.80 bits per heavy atom. The first-order chi connectivity index (χ1) is 4.77. The monoisotopic (exact) mass is 141 g/mol. The van der Waals surface area contributed by atoms with Crippen molar-refractivity contribution in [2.24, 2.45) is 11.7 Å². The van der Waals surface area contributed by atoms with E-state index in [9.17, 15) is 4.79 Å². The van der Waals surface area contributed by atoms with Gasteiger partial charge in [0.2, 0.25) is 5.91 Å². The van der Waals surface area contributed by atoms with Crippen molar-refractivity contribution in [3.63, 3.8) is 0 Å².